The maximum absolute atomic E-state index is 13.7. The van der Waals surface area contributed by atoms with E-state index in [0.717, 1.165) is 74.1 Å². The molecular weight excluding hydrogens is 729 g/mol. The predicted octanol–water partition coefficient (Wildman–Crippen LogP) is 6.33. The Morgan fingerprint density at radius 1 is 1.04 bits per heavy atom. The van der Waals surface area contributed by atoms with Gasteiger partial charge in [-0.2, -0.15) is 0 Å². The number of carboxylic acids is 1. The van der Waals surface area contributed by atoms with E-state index in [2.05, 4.69) is 25.8 Å². The number of hydrogen-bond acceptors (Lipinski definition) is 8. The molecule has 0 unspecified atom stereocenters. The molecule has 3 aliphatic rings. The van der Waals surface area contributed by atoms with Gasteiger partial charge in [-0.05, 0) is 56.2 Å². The minimum Gasteiger partial charge on any atom is -0.496 e. The van der Waals surface area contributed by atoms with Crippen LogP contribution in [0.15, 0.2) is 48.7 Å². The van der Waals surface area contributed by atoms with Crippen molar-refractivity contribution in [3.05, 3.63) is 81.5 Å². The van der Waals surface area contributed by atoms with Gasteiger partial charge < -0.3 is 30.4 Å². The van der Waals surface area contributed by atoms with Crippen molar-refractivity contribution in [3.63, 3.8) is 0 Å². The Bertz CT molecular complexity index is 2060. The predicted molar refractivity (Wildman–Crippen MR) is 208 cm³/mol. The number of benzene rings is 2. The maximum atomic E-state index is 13.7. The average molecular weight is 775 g/mol. The number of pyridine rings is 1. The number of nitrogens with zero attached hydrogens (tertiary/aromatic N) is 4. The van der Waals surface area contributed by atoms with Gasteiger partial charge in [0.1, 0.15) is 5.75 Å². The van der Waals surface area contributed by atoms with Gasteiger partial charge >= 0.3 is 5.97 Å². The molecule has 1 atom stereocenters. The summed E-state index contributed by atoms with van der Waals surface area (Å²) in [6.45, 7) is 3.68. The lowest BCUT2D eigenvalue weighted by molar-refractivity contribution is -0.143. The van der Waals surface area contributed by atoms with E-state index in [0.29, 0.717) is 76.1 Å². The minimum atomic E-state index is -0.684. The van der Waals surface area contributed by atoms with E-state index in [4.69, 9.17) is 32.9 Å². The van der Waals surface area contributed by atoms with Crippen LogP contribution in [0.5, 0.6) is 5.75 Å². The molecule has 2 aliphatic heterocycles. The molecule has 1 saturated carbocycles. The number of carbonyl (C=O) groups excluding carboxylic acids is 2. The molecule has 54 heavy (non-hydrogen) atoms. The van der Waals surface area contributed by atoms with Gasteiger partial charge in [-0.15, -0.1) is 0 Å². The monoisotopic (exact) mass is 773 g/mol. The number of aromatic nitrogens is 3. The second kappa shape index (κ2) is 16.5. The van der Waals surface area contributed by atoms with Crippen molar-refractivity contribution in [1.82, 2.24) is 30.1 Å². The minimum absolute atomic E-state index is 0.0929. The number of carboxylic acid groups (broad SMARTS) is 1. The number of nitrogens with one attached hydrogen (secondary N) is 3. The van der Waals surface area contributed by atoms with Crippen molar-refractivity contribution < 1.29 is 24.2 Å². The number of carbonyl (C=O) groups is 3. The highest BCUT2D eigenvalue weighted by Gasteiger charge is 2.30. The first kappa shape index (κ1) is 37.8. The first-order chi connectivity index (χ1) is 26.1. The van der Waals surface area contributed by atoms with Crippen LogP contribution in [-0.2, 0) is 36.1 Å². The fourth-order valence-electron chi connectivity index (χ4n) is 8.02. The highest BCUT2D eigenvalue weighted by molar-refractivity contribution is 6.39. The number of imidazole rings is 1. The van der Waals surface area contributed by atoms with Crippen LogP contribution in [0, 0.1) is 11.8 Å². The highest BCUT2D eigenvalue weighted by atomic mass is 35.5. The molecule has 0 radical (unpaired) electrons. The van der Waals surface area contributed by atoms with Crippen LogP contribution < -0.4 is 20.7 Å². The van der Waals surface area contributed by atoms with Crippen LogP contribution in [0.1, 0.15) is 66.1 Å². The Kier molecular flexibility index (Phi) is 11.5. The SMILES string of the molecule is COc1cc(-c2nccc(-c3cccc(NC(=O)c4nc5c(n4C)CCN(CC4CCC(C(=O)O)CC4)C5)c3Cl)c2Cl)ccc1CNC[C@@H]1CCC(=O)N1. The van der Waals surface area contributed by atoms with Crippen molar-refractivity contribution in [2.24, 2.45) is 18.9 Å². The summed E-state index contributed by atoms with van der Waals surface area (Å²) in [5.41, 5.74) is 5.97. The Morgan fingerprint density at radius 3 is 2.57 bits per heavy atom. The van der Waals surface area contributed by atoms with Crippen LogP contribution in [0.2, 0.25) is 10.0 Å². The molecule has 2 aromatic heterocycles. The Labute approximate surface area is 324 Å². The molecule has 284 valence electrons. The number of rotatable bonds is 12. The first-order valence-electron chi connectivity index (χ1n) is 18.5. The normalized spacial score (nSPS) is 20.0. The summed E-state index contributed by atoms with van der Waals surface area (Å²) in [5.74, 6) is 0.301. The quantitative estimate of drug-likeness (QED) is 0.129. The molecule has 2 aromatic carbocycles. The first-order valence-corrected chi connectivity index (χ1v) is 19.3. The summed E-state index contributed by atoms with van der Waals surface area (Å²) in [6.07, 6.45) is 7.17. The van der Waals surface area contributed by atoms with Gasteiger partial charge in [0.05, 0.1) is 40.1 Å². The number of halogens is 2. The molecule has 1 aliphatic carbocycles. The highest BCUT2D eigenvalue weighted by Crippen LogP contribution is 2.41. The number of fused-ring (bicyclic) bond motifs is 1. The van der Waals surface area contributed by atoms with Crippen molar-refractivity contribution in [2.75, 3.05) is 32.1 Å². The fourth-order valence-corrected chi connectivity index (χ4v) is 8.61. The molecule has 0 bridgehead atoms. The summed E-state index contributed by atoms with van der Waals surface area (Å²) in [7, 11) is 3.49. The molecule has 1 saturated heterocycles. The van der Waals surface area contributed by atoms with E-state index in [1.54, 1.807) is 25.4 Å². The van der Waals surface area contributed by atoms with Crippen molar-refractivity contribution in [1.29, 1.82) is 0 Å². The maximum Gasteiger partial charge on any atom is 0.306 e. The lowest BCUT2D eigenvalue weighted by Crippen LogP contribution is -2.36. The Balaban J connectivity index is 1.03. The lowest BCUT2D eigenvalue weighted by Gasteiger charge is -2.33. The van der Waals surface area contributed by atoms with E-state index in [1.807, 2.05) is 41.9 Å². The molecule has 2 amide bonds. The zero-order valence-electron chi connectivity index (χ0n) is 30.5. The number of hydrogen-bond donors (Lipinski definition) is 4. The third-order valence-corrected chi connectivity index (χ3v) is 11.8. The van der Waals surface area contributed by atoms with Crippen LogP contribution >= 0.6 is 23.2 Å². The molecule has 4 aromatic rings. The van der Waals surface area contributed by atoms with Gasteiger partial charge in [-0.25, -0.2) is 4.98 Å². The van der Waals surface area contributed by atoms with Crippen LogP contribution in [-0.4, -0.2) is 75.1 Å². The molecule has 7 rings (SSSR count). The standard InChI is InChI=1S/C40H45Cl2N7O5/c1-48-32-15-17-49(21-23-6-8-24(9-7-23)40(52)53)22-31(32)46-38(48)39(51)47-30-5-3-4-28(35(30)41)29-14-16-44-37(36(29)42)25-10-11-26(33(18-25)54-2)19-43-20-27-12-13-34(50)45-27/h3-5,10-11,14,16,18,23-24,27,43H,6-9,12-13,15,17,19-22H2,1-2H3,(H,45,50)(H,47,51)(H,52,53)/t23?,24?,27-/m0/s1. The van der Waals surface area contributed by atoms with Crippen LogP contribution in [0.3, 0.4) is 0 Å². The van der Waals surface area contributed by atoms with Gasteiger partial charge in [0.2, 0.25) is 5.91 Å². The third-order valence-electron chi connectivity index (χ3n) is 11.0. The number of ether oxygens (including phenoxy) is 1. The topological polar surface area (TPSA) is 151 Å². The van der Waals surface area contributed by atoms with Crippen LogP contribution in [0.25, 0.3) is 22.4 Å². The molecular formula is C40H45Cl2N7O5. The largest absolute Gasteiger partial charge is 0.496 e. The number of anilines is 1. The molecule has 12 nitrogen and oxygen atoms in total. The second-order valence-electron chi connectivity index (χ2n) is 14.5. The van der Waals surface area contributed by atoms with E-state index >= 15 is 0 Å². The summed E-state index contributed by atoms with van der Waals surface area (Å²) in [5, 5.41) is 19.5. The Morgan fingerprint density at radius 2 is 1.83 bits per heavy atom. The zero-order valence-corrected chi connectivity index (χ0v) is 32.0. The van der Waals surface area contributed by atoms with E-state index in [-0.39, 0.29) is 23.8 Å². The summed E-state index contributed by atoms with van der Waals surface area (Å²) in [4.78, 5) is 48.3. The second-order valence-corrected chi connectivity index (χ2v) is 15.3. The molecule has 0 spiro atoms. The summed E-state index contributed by atoms with van der Waals surface area (Å²) < 4.78 is 7.59. The Hall–Kier alpha value is -4.49. The number of amides is 2. The molecule has 14 heteroatoms. The van der Waals surface area contributed by atoms with Gasteiger partial charge in [-0.1, -0.05) is 47.5 Å². The lowest BCUT2D eigenvalue weighted by atomic mass is 9.81. The molecule has 4 N–H and O–H groups in total. The smallest absolute Gasteiger partial charge is 0.306 e. The summed E-state index contributed by atoms with van der Waals surface area (Å²) in [6, 6.07) is 13.2. The fraction of sp³-hybridized carbons (Fsp3) is 0.425. The van der Waals surface area contributed by atoms with E-state index in [1.165, 1.54) is 0 Å². The van der Waals surface area contributed by atoms with Crippen LogP contribution in [0.4, 0.5) is 5.69 Å². The average Bonchev–Trinajstić information content (AvgIpc) is 3.74. The number of aliphatic carboxylic acids is 1. The molecule has 2 fully saturated rings. The number of methoxy groups -OCH3 is 1. The van der Waals surface area contributed by atoms with Crippen molar-refractivity contribution >= 4 is 46.7 Å². The summed E-state index contributed by atoms with van der Waals surface area (Å²) >= 11 is 14.0. The van der Waals surface area contributed by atoms with Gasteiger partial charge in [0, 0.05) is 92.8 Å². The zero-order chi connectivity index (χ0) is 37.9. The van der Waals surface area contributed by atoms with Crippen molar-refractivity contribution in [2.45, 2.75) is 64.1 Å². The van der Waals surface area contributed by atoms with Gasteiger partial charge in [-0.3, -0.25) is 24.3 Å². The van der Waals surface area contributed by atoms with Crippen molar-refractivity contribution in [3.8, 4) is 28.1 Å². The van der Waals surface area contributed by atoms with Gasteiger partial charge in [0.15, 0.2) is 5.82 Å². The van der Waals surface area contributed by atoms with E-state index in [9.17, 15) is 19.5 Å². The molecule has 4 heterocycles. The third kappa shape index (κ3) is 8.12. The van der Waals surface area contributed by atoms with Gasteiger partial charge in [0.25, 0.3) is 5.91 Å². The van der Waals surface area contributed by atoms with E-state index < -0.39 is 5.97 Å².